The Labute approximate surface area is 118 Å². The predicted octanol–water partition coefficient (Wildman–Crippen LogP) is 2.54. The van der Waals surface area contributed by atoms with E-state index in [0.717, 1.165) is 12.0 Å². The quantitative estimate of drug-likeness (QED) is 0.922. The summed E-state index contributed by atoms with van der Waals surface area (Å²) < 4.78 is 5.32. The first-order chi connectivity index (χ1) is 9.60. The molecule has 1 atom stereocenters. The molecule has 1 fully saturated rings. The molecule has 1 aliphatic heterocycles. The summed E-state index contributed by atoms with van der Waals surface area (Å²) in [6.45, 7) is 2.81. The summed E-state index contributed by atoms with van der Waals surface area (Å²) in [7, 11) is 0. The van der Waals surface area contributed by atoms with Gasteiger partial charge >= 0.3 is 12.1 Å². The number of piperidine rings is 1. The van der Waals surface area contributed by atoms with Crippen LogP contribution < -0.4 is 4.74 Å². The fourth-order valence-electron chi connectivity index (χ4n) is 2.34. The molecule has 0 aromatic heterocycles. The van der Waals surface area contributed by atoms with E-state index >= 15 is 0 Å². The van der Waals surface area contributed by atoms with Crippen LogP contribution in [0.3, 0.4) is 0 Å². The Kier molecular flexibility index (Phi) is 4.61. The first-order valence-corrected chi connectivity index (χ1v) is 6.88. The predicted molar refractivity (Wildman–Crippen MR) is 73.8 cm³/mol. The number of carboxylic acids is 1. The minimum Gasteiger partial charge on any atom is -0.481 e. The molecule has 1 heterocycles. The molecule has 2 rings (SSSR count). The second-order valence-electron chi connectivity index (χ2n) is 4.99. The van der Waals surface area contributed by atoms with Crippen LogP contribution in [0.2, 0.25) is 0 Å². The van der Waals surface area contributed by atoms with E-state index in [9.17, 15) is 9.59 Å². The Morgan fingerprint density at radius 1 is 1.45 bits per heavy atom. The highest BCUT2D eigenvalue weighted by Crippen LogP contribution is 2.19. The SMILES string of the molecule is CCc1cccc(OC(=O)N2CCCC(C(=O)O)C2)c1. The number of nitrogens with zero attached hydrogens (tertiary/aromatic N) is 1. The average Bonchev–Trinajstić information content (AvgIpc) is 2.47. The van der Waals surface area contributed by atoms with E-state index in [-0.39, 0.29) is 6.54 Å². The molecule has 5 nitrogen and oxygen atoms in total. The molecule has 0 bridgehead atoms. The van der Waals surface area contributed by atoms with Gasteiger partial charge < -0.3 is 14.7 Å². The molecule has 1 aromatic rings. The van der Waals surface area contributed by atoms with E-state index in [1.54, 1.807) is 6.07 Å². The molecule has 108 valence electrons. The van der Waals surface area contributed by atoms with Gasteiger partial charge in [0, 0.05) is 13.1 Å². The monoisotopic (exact) mass is 277 g/mol. The number of hydrogen-bond donors (Lipinski definition) is 1. The molecular formula is C15H19NO4. The van der Waals surface area contributed by atoms with Gasteiger partial charge in [-0.15, -0.1) is 0 Å². The van der Waals surface area contributed by atoms with Crippen molar-refractivity contribution in [3.8, 4) is 5.75 Å². The van der Waals surface area contributed by atoms with Crippen LogP contribution in [0, 0.1) is 5.92 Å². The summed E-state index contributed by atoms with van der Waals surface area (Å²) in [6.07, 6.45) is 1.71. The number of carboxylic acid groups (broad SMARTS) is 1. The van der Waals surface area contributed by atoms with E-state index in [1.165, 1.54) is 4.90 Å². The van der Waals surface area contributed by atoms with Crippen LogP contribution in [0.25, 0.3) is 0 Å². The van der Waals surface area contributed by atoms with Crippen LogP contribution in [0.4, 0.5) is 4.79 Å². The molecule has 1 unspecified atom stereocenters. The normalized spacial score (nSPS) is 18.6. The first kappa shape index (κ1) is 14.4. The highest BCUT2D eigenvalue weighted by atomic mass is 16.6. The number of aryl methyl sites for hydroxylation is 1. The summed E-state index contributed by atoms with van der Waals surface area (Å²) in [5.41, 5.74) is 1.09. The molecular weight excluding hydrogens is 258 g/mol. The molecule has 1 saturated heterocycles. The first-order valence-electron chi connectivity index (χ1n) is 6.88. The van der Waals surface area contributed by atoms with Gasteiger partial charge in [-0.3, -0.25) is 4.79 Å². The maximum atomic E-state index is 12.0. The van der Waals surface area contributed by atoms with Gasteiger partial charge in [-0.2, -0.15) is 0 Å². The van der Waals surface area contributed by atoms with Crippen LogP contribution >= 0.6 is 0 Å². The van der Waals surface area contributed by atoms with Crippen molar-refractivity contribution in [2.75, 3.05) is 13.1 Å². The zero-order valence-corrected chi connectivity index (χ0v) is 11.5. The molecule has 20 heavy (non-hydrogen) atoms. The third-order valence-electron chi connectivity index (χ3n) is 3.54. The Bertz CT molecular complexity index is 500. The summed E-state index contributed by atoms with van der Waals surface area (Å²) in [5.74, 6) is -0.833. The van der Waals surface area contributed by atoms with Gasteiger partial charge in [0.2, 0.25) is 0 Å². The molecule has 1 aromatic carbocycles. The second kappa shape index (κ2) is 6.41. The molecule has 0 spiro atoms. The Morgan fingerprint density at radius 2 is 2.25 bits per heavy atom. The van der Waals surface area contributed by atoms with Crippen LogP contribution in [0.5, 0.6) is 5.75 Å². The number of amides is 1. The smallest absolute Gasteiger partial charge is 0.415 e. The summed E-state index contributed by atoms with van der Waals surface area (Å²) in [5, 5.41) is 9.02. The lowest BCUT2D eigenvalue weighted by Crippen LogP contribution is -2.43. The van der Waals surface area contributed by atoms with Gasteiger partial charge in [0.1, 0.15) is 5.75 Å². The number of carbonyl (C=O) groups excluding carboxylic acids is 1. The lowest BCUT2D eigenvalue weighted by atomic mass is 9.99. The van der Waals surface area contributed by atoms with Crippen molar-refractivity contribution in [3.63, 3.8) is 0 Å². The Morgan fingerprint density at radius 3 is 2.95 bits per heavy atom. The Hall–Kier alpha value is -2.04. The highest BCUT2D eigenvalue weighted by molar-refractivity contribution is 5.74. The van der Waals surface area contributed by atoms with Gasteiger partial charge in [0.25, 0.3) is 0 Å². The van der Waals surface area contributed by atoms with E-state index in [2.05, 4.69) is 0 Å². The summed E-state index contributed by atoms with van der Waals surface area (Å²) in [4.78, 5) is 24.5. The minimum atomic E-state index is -0.851. The van der Waals surface area contributed by atoms with Crippen molar-refractivity contribution in [2.45, 2.75) is 26.2 Å². The Balaban J connectivity index is 1.98. The molecule has 0 radical (unpaired) electrons. The molecule has 1 aliphatic rings. The van der Waals surface area contributed by atoms with Crippen molar-refractivity contribution in [2.24, 2.45) is 5.92 Å². The van der Waals surface area contributed by atoms with Gasteiger partial charge in [0.15, 0.2) is 0 Å². The molecule has 1 N–H and O–H groups in total. The molecule has 5 heteroatoms. The minimum absolute atomic E-state index is 0.224. The van der Waals surface area contributed by atoms with Crippen LogP contribution in [0.1, 0.15) is 25.3 Å². The summed E-state index contributed by atoms with van der Waals surface area (Å²) >= 11 is 0. The van der Waals surface area contributed by atoms with E-state index in [0.29, 0.717) is 25.1 Å². The average molecular weight is 277 g/mol. The number of benzene rings is 1. The van der Waals surface area contributed by atoms with Gasteiger partial charge in [-0.25, -0.2) is 4.79 Å². The third kappa shape index (κ3) is 3.50. The fraction of sp³-hybridized carbons (Fsp3) is 0.467. The number of aliphatic carboxylic acids is 1. The second-order valence-corrected chi connectivity index (χ2v) is 4.99. The van der Waals surface area contributed by atoms with Crippen molar-refractivity contribution < 1.29 is 19.4 Å². The number of rotatable bonds is 3. The zero-order chi connectivity index (χ0) is 14.5. The van der Waals surface area contributed by atoms with Crippen LogP contribution in [0.15, 0.2) is 24.3 Å². The number of likely N-dealkylation sites (tertiary alicyclic amines) is 1. The maximum absolute atomic E-state index is 12.0. The van der Waals surface area contributed by atoms with E-state index < -0.39 is 18.0 Å². The van der Waals surface area contributed by atoms with Crippen molar-refractivity contribution in [1.29, 1.82) is 0 Å². The molecule has 0 saturated carbocycles. The van der Waals surface area contributed by atoms with Gasteiger partial charge in [-0.05, 0) is 37.0 Å². The molecule has 0 aliphatic carbocycles. The topological polar surface area (TPSA) is 66.8 Å². The van der Waals surface area contributed by atoms with Gasteiger partial charge in [-0.1, -0.05) is 19.1 Å². The van der Waals surface area contributed by atoms with Gasteiger partial charge in [0.05, 0.1) is 5.92 Å². The zero-order valence-electron chi connectivity index (χ0n) is 11.5. The lowest BCUT2D eigenvalue weighted by Gasteiger charge is -2.29. The molecule has 1 amide bonds. The van der Waals surface area contributed by atoms with Crippen molar-refractivity contribution in [3.05, 3.63) is 29.8 Å². The third-order valence-corrected chi connectivity index (χ3v) is 3.54. The van der Waals surface area contributed by atoms with Crippen LogP contribution in [-0.2, 0) is 11.2 Å². The fourth-order valence-corrected chi connectivity index (χ4v) is 2.34. The number of ether oxygens (including phenoxy) is 1. The standard InChI is InChI=1S/C15H19NO4/c1-2-11-5-3-7-13(9-11)20-15(19)16-8-4-6-12(10-16)14(17)18/h3,5,7,9,12H,2,4,6,8,10H2,1H3,(H,17,18). The number of hydrogen-bond acceptors (Lipinski definition) is 3. The largest absolute Gasteiger partial charge is 0.481 e. The maximum Gasteiger partial charge on any atom is 0.415 e. The number of carbonyl (C=O) groups is 2. The summed E-state index contributed by atoms with van der Waals surface area (Å²) in [6, 6.07) is 7.38. The van der Waals surface area contributed by atoms with Crippen molar-refractivity contribution in [1.82, 2.24) is 4.90 Å². The lowest BCUT2D eigenvalue weighted by molar-refractivity contribution is -0.143. The van der Waals surface area contributed by atoms with Crippen LogP contribution in [-0.4, -0.2) is 35.2 Å². The highest BCUT2D eigenvalue weighted by Gasteiger charge is 2.29. The van der Waals surface area contributed by atoms with E-state index in [1.807, 2.05) is 25.1 Å². The van der Waals surface area contributed by atoms with Crippen molar-refractivity contribution >= 4 is 12.1 Å². The van der Waals surface area contributed by atoms with E-state index in [4.69, 9.17) is 9.84 Å².